The Kier molecular flexibility index (Phi) is 5.26. The summed E-state index contributed by atoms with van der Waals surface area (Å²) in [4.78, 5) is 38.2. The van der Waals surface area contributed by atoms with Gasteiger partial charge in [-0.3, -0.25) is 14.4 Å². The smallest absolute Gasteiger partial charge is 0.255 e. The molecule has 1 saturated carbocycles. The van der Waals surface area contributed by atoms with E-state index in [0.29, 0.717) is 28.4 Å². The van der Waals surface area contributed by atoms with E-state index in [9.17, 15) is 14.4 Å². The summed E-state index contributed by atoms with van der Waals surface area (Å²) in [6, 6.07) is 13.6. The predicted molar refractivity (Wildman–Crippen MR) is 105 cm³/mol. The summed E-state index contributed by atoms with van der Waals surface area (Å²) in [5, 5.41) is 5.65. The van der Waals surface area contributed by atoms with Crippen LogP contribution in [0.25, 0.3) is 0 Å². The molecule has 0 heterocycles. The molecule has 3 amide bonds. The normalized spacial score (nSPS) is 17.7. The molecule has 0 bridgehead atoms. The lowest BCUT2D eigenvalue weighted by Gasteiger charge is -2.14. The summed E-state index contributed by atoms with van der Waals surface area (Å²) in [6.07, 6.45) is 0.928. The molecule has 2 N–H and O–H groups in total. The van der Waals surface area contributed by atoms with E-state index in [-0.39, 0.29) is 23.6 Å². The van der Waals surface area contributed by atoms with E-state index < -0.39 is 0 Å². The van der Waals surface area contributed by atoms with E-state index in [1.54, 1.807) is 62.6 Å². The van der Waals surface area contributed by atoms with Crippen LogP contribution in [0.1, 0.15) is 34.1 Å². The van der Waals surface area contributed by atoms with E-state index >= 15 is 0 Å². The van der Waals surface area contributed by atoms with Crippen molar-refractivity contribution in [1.29, 1.82) is 0 Å². The highest BCUT2D eigenvalue weighted by Crippen LogP contribution is 2.38. The van der Waals surface area contributed by atoms with Gasteiger partial charge >= 0.3 is 0 Å². The second kappa shape index (κ2) is 7.61. The van der Waals surface area contributed by atoms with Gasteiger partial charge in [0.15, 0.2) is 0 Å². The average Bonchev–Trinajstić information content (AvgIpc) is 3.39. The van der Waals surface area contributed by atoms with E-state index in [4.69, 9.17) is 0 Å². The summed E-state index contributed by atoms with van der Waals surface area (Å²) in [5.41, 5.74) is 2.00. The Morgan fingerprint density at radius 3 is 2.19 bits per heavy atom. The molecule has 140 valence electrons. The van der Waals surface area contributed by atoms with Gasteiger partial charge in [0.05, 0.1) is 11.3 Å². The van der Waals surface area contributed by atoms with Crippen LogP contribution < -0.4 is 10.6 Å². The first-order valence-corrected chi connectivity index (χ1v) is 8.89. The molecule has 27 heavy (non-hydrogen) atoms. The number of hydrogen-bond acceptors (Lipinski definition) is 3. The van der Waals surface area contributed by atoms with Crippen molar-refractivity contribution < 1.29 is 14.4 Å². The van der Waals surface area contributed by atoms with Crippen LogP contribution in [-0.2, 0) is 4.79 Å². The first-order valence-electron chi connectivity index (χ1n) is 8.89. The third-order valence-electron chi connectivity index (χ3n) is 4.67. The molecule has 3 rings (SSSR count). The number of carbonyl (C=O) groups excluding carboxylic acids is 3. The van der Waals surface area contributed by atoms with Gasteiger partial charge in [0.2, 0.25) is 5.91 Å². The lowest BCUT2D eigenvalue weighted by Crippen LogP contribution is -2.24. The van der Waals surface area contributed by atoms with Crippen LogP contribution in [0, 0.1) is 11.8 Å². The molecule has 6 nitrogen and oxygen atoms in total. The van der Waals surface area contributed by atoms with E-state index in [1.807, 2.05) is 0 Å². The second-order valence-electron chi connectivity index (χ2n) is 7.09. The fourth-order valence-corrected chi connectivity index (χ4v) is 2.84. The zero-order chi connectivity index (χ0) is 19.6. The highest BCUT2D eigenvalue weighted by Gasteiger charge is 2.39. The van der Waals surface area contributed by atoms with Crippen molar-refractivity contribution in [2.24, 2.45) is 11.8 Å². The third-order valence-corrected chi connectivity index (χ3v) is 4.67. The standard InChI is InChI=1S/C21H23N3O3/c1-13-12-17(13)20(26)22-15-10-8-14(9-11-15)19(25)23-18-7-5-4-6-16(18)21(27)24(2)3/h4-11,13,17H,12H2,1-3H3,(H,22,26)(H,23,25)/t13-,17-/m0/s1. The average molecular weight is 365 g/mol. The molecule has 2 aromatic carbocycles. The van der Waals surface area contributed by atoms with E-state index in [2.05, 4.69) is 17.6 Å². The maximum atomic E-state index is 12.5. The van der Waals surface area contributed by atoms with Crippen LogP contribution >= 0.6 is 0 Å². The molecule has 1 aliphatic rings. The first kappa shape index (κ1) is 18.6. The molecule has 6 heteroatoms. The zero-order valence-electron chi connectivity index (χ0n) is 15.7. The molecule has 0 spiro atoms. The number of carbonyl (C=O) groups is 3. The Hall–Kier alpha value is -3.15. The van der Waals surface area contributed by atoms with Gasteiger partial charge in [0.1, 0.15) is 0 Å². The van der Waals surface area contributed by atoms with Crippen LogP contribution in [0.2, 0.25) is 0 Å². The summed E-state index contributed by atoms with van der Waals surface area (Å²) in [7, 11) is 3.33. The lowest BCUT2D eigenvalue weighted by atomic mass is 10.1. The number of benzene rings is 2. The van der Waals surface area contributed by atoms with Gasteiger partial charge < -0.3 is 15.5 Å². The number of nitrogens with one attached hydrogen (secondary N) is 2. The minimum Gasteiger partial charge on any atom is -0.345 e. The molecular weight excluding hydrogens is 342 g/mol. The number of anilines is 2. The van der Waals surface area contributed by atoms with Gasteiger partial charge in [-0.25, -0.2) is 0 Å². The zero-order valence-corrected chi connectivity index (χ0v) is 15.7. The Morgan fingerprint density at radius 2 is 1.59 bits per heavy atom. The van der Waals surface area contributed by atoms with Crippen LogP contribution in [0.15, 0.2) is 48.5 Å². The van der Waals surface area contributed by atoms with Crippen LogP contribution in [0.3, 0.4) is 0 Å². The van der Waals surface area contributed by atoms with Crippen molar-refractivity contribution in [1.82, 2.24) is 4.90 Å². The Balaban J connectivity index is 1.68. The summed E-state index contributed by atoms with van der Waals surface area (Å²) in [5.74, 6) is 0.0653. The van der Waals surface area contributed by atoms with Gasteiger partial charge in [-0.2, -0.15) is 0 Å². The van der Waals surface area contributed by atoms with Crippen molar-refractivity contribution in [2.75, 3.05) is 24.7 Å². The van der Waals surface area contributed by atoms with Crippen LogP contribution in [0.4, 0.5) is 11.4 Å². The molecule has 0 radical (unpaired) electrons. The monoisotopic (exact) mass is 365 g/mol. The molecule has 0 aromatic heterocycles. The lowest BCUT2D eigenvalue weighted by molar-refractivity contribution is -0.117. The van der Waals surface area contributed by atoms with Crippen LogP contribution in [0.5, 0.6) is 0 Å². The SMILES string of the molecule is C[C@H]1C[C@@H]1C(=O)Nc1ccc(C(=O)Nc2ccccc2C(=O)N(C)C)cc1. The minimum absolute atomic E-state index is 0.0239. The summed E-state index contributed by atoms with van der Waals surface area (Å²) >= 11 is 0. The maximum absolute atomic E-state index is 12.5. The van der Waals surface area contributed by atoms with Gasteiger partial charge in [0, 0.05) is 31.3 Å². The highest BCUT2D eigenvalue weighted by atomic mass is 16.2. The Morgan fingerprint density at radius 1 is 0.963 bits per heavy atom. The van der Waals surface area contributed by atoms with Crippen molar-refractivity contribution in [3.05, 3.63) is 59.7 Å². The molecular formula is C21H23N3O3. The van der Waals surface area contributed by atoms with Gasteiger partial charge in [-0.15, -0.1) is 0 Å². The molecule has 0 aliphatic heterocycles. The number of nitrogens with zero attached hydrogens (tertiary/aromatic N) is 1. The summed E-state index contributed by atoms with van der Waals surface area (Å²) in [6.45, 7) is 2.05. The molecule has 1 fully saturated rings. The van der Waals surface area contributed by atoms with Crippen molar-refractivity contribution in [3.8, 4) is 0 Å². The predicted octanol–water partition coefficient (Wildman–Crippen LogP) is 3.24. The second-order valence-corrected chi connectivity index (χ2v) is 7.09. The van der Waals surface area contributed by atoms with Crippen molar-refractivity contribution in [3.63, 3.8) is 0 Å². The minimum atomic E-state index is -0.317. The molecule has 0 saturated heterocycles. The fraction of sp³-hybridized carbons (Fsp3) is 0.286. The van der Waals surface area contributed by atoms with Gasteiger partial charge in [0.25, 0.3) is 11.8 Å². The first-order chi connectivity index (χ1) is 12.9. The van der Waals surface area contributed by atoms with E-state index in [1.165, 1.54) is 4.90 Å². The molecule has 0 unspecified atom stereocenters. The van der Waals surface area contributed by atoms with Gasteiger partial charge in [-0.05, 0) is 48.7 Å². The maximum Gasteiger partial charge on any atom is 0.255 e. The quantitative estimate of drug-likeness (QED) is 0.854. The number of hydrogen-bond donors (Lipinski definition) is 2. The largest absolute Gasteiger partial charge is 0.345 e. The fourth-order valence-electron chi connectivity index (χ4n) is 2.84. The number of amides is 3. The van der Waals surface area contributed by atoms with Gasteiger partial charge in [-0.1, -0.05) is 19.1 Å². The van der Waals surface area contributed by atoms with E-state index in [0.717, 1.165) is 6.42 Å². The molecule has 2 atom stereocenters. The molecule has 2 aromatic rings. The third kappa shape index (κ3) is 4.34. The number of para-hydroxylation sites is 1. The Labute approximate surface area is 158 Å². The van der Waals surface area contributed by atoms with Crippen molar-refractivity contribution >= 4 is 29.1 Å². The highest BCUT2D eigenvalue weighted by molar-refractivity contribution is 6.09. The number of rotatable bonds is 5. The Bertz CT molecular complexity index is 874. The van der Waals surface area contributed by atoms with Crippen molar-refractivity contribution in [2.45, 2.75) is 13.3 Å². The summed E-state index contributed by atoms with van der Waals surface area (Å²) < 4.78 is 0. The van der Waals surface area contributed by atoms with Crippen LogP contribution in [-0.4, -0.2) is 36.7 Å². The molecule has 1 aliphatic carbocycles. The topological polar surface area (TPSA) is 78.5 Å².